The van der Waals surface area contributed by atoms with Crippen molar-refractivity contribution in [3.05, 3.63) is 40.6 Å². The standard InChI is InChI=1S/C18H20N4S/c1-11-8-12(2)18(13(3)9-11)20-14(4)16-6-7-17(21-16)15(5)22-23-10-19/h6,8-9H,7H2,1-5H3/b20-14?,22-15+. The van der Waals surface area contributed by atoms with E-state index in [4.69, 9.17) is 10.3 Å². The molecular formula is C18H20N4S. The van der Waals surface area contributed by atoms with Gasteiger partial charge < -0.3 is 0 Å². The van der Waals surface area contributed by atoms with E-state index in [2.05, 4.69) is 48.4 Å². The average Bonchev–Trinajstić information content (AvgIpc) is 2.98. The third-order valence-electron chi connectivity index (χ3n) is 3.67. The topological polar surface area (TPSA) is 60.9 Å². The summed E-state index contributed by atoms with van der Waals surface area (Å²) in [7, 11) is 0. The largest absolute Gasteiger partial charge is 0.251 e. The zero-order chi connectivity index (χ0) is 17.0. The van der Waals surface area contributed by atoms with E-state index < -0.39 is 0 Å². The van der Waals surface area contributed by atoms with Crippen molar-refractivity contribution in [2.75, 3.05) is 0 Å². The number of hydrogen-bond acceptors (Lipinski definition) is 5. The number of rotatable bonds is 4. The van der Waals surface area contributed by atoms with E-state index in [1.54, 1.807) is 0 Å². The molecule has 0 N–H and O–H groups in total. The lowest BCUT2D eigenvalue weighted by atomic mass is 10.1. The van der Waals surface area contributed by atoms with Crippen LogP contribution in [0.15, 0.2) is 38.3 Å². The highest BCUT2D eigenvalue weighted by molar-refractivity contribution is 8.02. The molecule has 0 bridgehead atoms. The van der Waals surface area contributed by atoms with Crippen LogP contribution >= 0.6 is 11.9 Å². The summed E-state index contributed by atoms with van der Waals surface area (Å²) >= 11 is 0.880. The summed E-state index contributed by atoms with van der Waals surface area (Å²) in [5.74, 6) is 0. The van der Waals surface area contributed by atoms with Crippen LogP contribution in [-0.2, 0) is 0 Å². The lowest BCUT2D eigenvalue weighted by Gasteiger charge is -2.08. The van der Waals surface area contributed by atoms with Gasteiger partial charge in [-0.15, -0.1) is 0 Å². The van der Waals surface area contributed by atoms with E-state index in [1.807, 2.05) is 19.2 Å². The van der Waals surface area contributed by atoms with E-state index in [1.165, 1.54) is 16.7 Å². The fourth-order valence-corrected chi connectivity index (χ4v) is 2.89. The van der Waals surface area contributed by atoms with Crippen molar-refractivity contribution < 1.29 is 0 Å². The Morgan fingerprint density at radius 3 is 2.43 bits per heavy atom. The molecule has 1 aromatic carbocycles. The summed E-state index contributed by atoms with van der Waals surface area (Å²) in [6.07, 6.45) is 2.79. The number of thiocyanates is 1. The van der Waals surface area contributed by atoms with Crippen molar-refractivity contribution in [2.45, 2.75) is 41.0 Å². The summed E-state index contributed by atoms with van der Waals surface area (Å²) in [6.45, 7) is 10.1. The molecule has 118 valence electrons. The number of allylic oxidation sites excluding steroid dienone is 2. The molecule has 0 saturated carbocycles. The van der Waals surface area contributed by atoms with Gasteiger partial charge in [0, 0.05) is 6.42 Å². The molecule has 5 heteroatoms. The molecule has 0 unspecified atom stereocenters. The first kappa shape index (κ1) is 17.2. The average molecular weight is 324 g/mol. The highest BCUT2D eigenvalue weighted by atomic mass is 32.2. The van der Waals surface area contributed by atoms with Gasteiger partial charge in [-0.05, 0) is 45.7 Å². The Labute approximate surface area is 141 Å². The molecule has 4 nitrogen and oxygen atoms in total. The maximum absolute atomic E-state index is 8.57. The first-order chi connectivity index (χ1) is 10.9. The lowest BCUT2D eigenvalue weighted by Crippen LogP contribution is -2.06. The summed E-state index contributed by atoms with van der Waals surface area (Å²) in [6, 6.07) is 4.29. The first-order valence-electron chi connectivity index (χ1n) is 7.43. The van der Waals surface area contributed by atoms with Gasteiger partial charge in [-0.3, -0.25) is 4.99 Å². The van der Waals surface area contributed by atoms with Crippen LogP contribution < -0.4 is 0 Å². The molecular weight excluding hydrogens is 304 g/mol. The van der Waals surface area contributed by atoms with Crippen molar-refractivity contribution in [1.82, 2.24) is 0 Å². The molecule has 23 heavy (non-hydrogen) atoms. The van der Waals surface area contributed by atoms with Gasteiger partial charge in [-0.25, -0.2) is 9.39 Å². The number of benzene rings is 1. The number of nitrogens with zero attached hydrogens (tertiary/aromatic N) is 4. The second-order valence-corrected chi connectivity index (χ2v) is 6.20. The molecule has 0 aliphatic carbocycles. The van der Waals surface area contributed by atoms with E-state index in [-0.39, 0.29) is 0 Å². The van der Waals surface area contributed by atoms with Crippen LogP contribution in [0.5, 0.6) is 0 Å². The molecule has 1 heterocycles. The minimum atomic E-state index is 0.732. The van der Waals surface area contributed by atoms with Gasteiger partial charge in [-0.2, -0.15) is 5.26 Å². The Kier molecular flexibility index (Phi) is 5.51. The predicted molar refractivity (Wildman–Crippen MR) is 99.9 cm³/mol. The quantitative estimate of drug-likeness (QED) is 0.443. The van der Waals surface area contributed by atoms with Crippen LogP contribution in [0.1, 0.15) is 37.0 Å². The van der Waals surface area contributed by atoms with Crippen molar-refractivity contribution in [3.8, 4) is 5.40 Å². The molecule has 0 spiro atoms. The van der Waals surface area contributed by atoms with Crippen LogP contribution in [-0.4, -0.2) is 17.1 Å². The molecule has 0 amide bonds. The number of nitriles is 1. The smallest absolute Gasteiger partial charge is 0.157 e. The van der Waals surface area contributed by atoms with Crippen LogP contribution in [0.25, 0.3) is 0 Å². The molecule has 0 atom stereocenters. The monoisotopic (exact) mass is 324 g/mol. The Bertz CT molecular complexity index is 769. The lowest BCUT2D eigenvalue weighted by molar-refractivity contribution is 1.28. The molecule has 1 aliphatic rings. The highest BCUT2D eigenvalue weighted by Crippen LogP contribution is 2.27. The predicted octanol–water partition coefficient (Wildman–Crippen LogP) is 5.02. The van der Waals surface area contributed by atoms with Crippen molar-refractivity contribution in [1.29, 1.82) is 5.26 Å². The maximum atomic E-state index is 8.57. The molecule has 0 fully saturated rings. The van der Waals surface area contributed by atoms with Crippen LogP contribution in [0, 0.1) is 31.4 Å². The summed E-state index contributed by atoms with van der Waals surface area (Å²) in [5.41, 5.74) is 8.09. The minimum Gasteiger partial charge on any atom is -0.251 e. The van der Waals surface area contributed by atoms with Gasteiger partial charge in [0.05, 0.1) is 40.5 Å². The fraction of sp³-hybridized carbons (Fsp3) is 0.333. The van der Waals surface area contributed by atoms with Crippen molar-refractivity contribution in [3.63, 3.8) is 0 Å². The van der Waals surface area contributed by atoms with Gasteiger partial charge in [0.25, 0.3) is 0 Å². The van der Waals surface area contributed by atoms with Gasteiger partial charge >= 0.3 is 0 Å². The molecule has 0 aromatic heterocycles. The molecule has 0 radical (unpaired) electrons. The summed E-state index contributed by atoms with van der Waals surface area (Å²) < 4.78 is 4.11. The second-order valence-electron chi connectivity index (χ2n) is 5.66. The minimum absolute atomic E-state index is 0.732. The second kappa shape index (κ2) is 7.38. The van der Waals surface area contributed by atoms with Crippen molar-refractivity contribution >= 4 is 34.8 Å². The summed E-state index contributed by atoms with van der Waals surface area (Å²) in [4.78, 5) is 9.39. The van der Waals surface area contributed by atoms with E-state index >= 15 is 0 Å². The first-order valence-corrected chi connectivity index (χ1v) is 8.21. The Morgan fingerprint density at radius 2 is 1.83 bits per heavy atom. The fourth-order valence-electron chi connectivity index (χ4n) is 2.60. The Balaban J connectivity index is 2.27. The van der Waals surface area contributed by atoms with Crippen LogP contribution in [0.3, 0.4) is 0 Å². The maximum Gasteiger partial charge on any atom is 0.157 e. The Hall–Kier alpha value is -2.19. The SMILES string of the molecule is CC(=Nc1c(C)cc(C)cc1C)C1=CCC(/C(C)=N/SC#N)=N1. The Morgan fingerprint density at radius 1 is 1.17 bits per heavy atom. The molecule has 1 aliphatic heterocycles. The van der Waals surface area contributed by atoms with Crippen molar-refractivity contribution in [2.24, 2.45) is 14.4 Å². The van der Waals surface area contributed by atoms with E-state index in [0.29, 0.717) is 0 Å². The normalized spacial score (nSPS) is 15.3. The number of aliphatic imine (C=N–C) groups is 2. The molecule has 0 saturated heterocycles. The zero-order valence-corrected chi connectivity index (χ0v) is 15.0. The van der Waals surface area contributed by atoms with E-state index in [0.717, 1.165) is 46.9 Å². The summed E-state index contributed by atoms with van der Waals surface area (Å²) in [5, 5.41) is 10.5. The van der Waals surface area contributed by atoms with Gasteiger partial charge in [0.2, 0.25) is 0 Å². The van der Waals surface area contributed by atoms with E-state index in [9.17, 15) is 0 Å². The van der Waals surface area contributed by atoms with Crippen LogP contribution in [0.4, 0.5) is 5.69 Å². The molecule has 1 aromatic rings. The molecule has 2 rings (SSSR count). The zero-order valence-electron chi connectivity index (χ0n) is 14.1. The van der Waals surface area contributed by atoms with Gasteiger partial charge in [-0.1, -0.05) is 23.8 Å². The number of hydrogen-bond donors (Lipinski definition) is 0. The highest BCUT2D eigenvalue weighted by Gasteiger charge is 2.14. The third-order valence-corrected chi connectivity index (χ3v) is 4.12. The van der Waals surface area contributed by atoms with Gasteiger partial charge in [0.15, 0.2) is 5.40 Å². The van der Waals surface area contributed by atoms with Gasteiger partial charge in [0.1, 0.15) is 0 Å². The van der Waals surface area contributed by atoms with Crippen LogP contribution in [0.2, 0.25) is 0 Å². The number of aryl methyl sites for hydroxylation is 3. The third kappa shape index (κ3) is 4.17.